The van der Waals surface area contributed by atoms with Crippen LogP contribution in [-0.2, 0) is 16.4 Å². The maximum atomic E-state index is 12.4. The van der Waals surface area contributed by atoms with Gasteiger partial charge in [-0.1, -0.05) is 37.6 Å². The van der Waals surface area contributed by atoms with E-state index in [1.807, 2.05) is 12.1 Å². The van der Waals surface area contributed by atoms with Crippen LogP contribution in [-0.4, -0.2) is 14.2 Å². The van der Waals surface area contributed by atoms with Crippen LogP contribution in [0.15, 0.2) is 53.4 Å². The lowest BCUT2D eigenvalue weighted by atomic mass is 10.1. The van der Waals surface area contributed by atoms with Crippen LogP contribution in [0.3, 0.4) is 0 Å². The quantitative estimate of drug-likeness (QED) is 0.827. The number of rotatable bonds is 6. The summed E-state index contributed by atoms with van der Waals surface area (Å²) in [7, 11) is -3.65. The highest BCUT2D eigenvalue weighted by molar-refractivity contribution is 7.92. The Balaban J connectivity index is 2.23. The molecule has 1 N–H and O–H groups in total. The molecule has 116 valence electrons. The average molecular weight is 317 g/mol. The molecular weight excluding hydrogens is 298 g/mol. The lowest BCUT2D eigenvalue weighted by Crippen LogP contribution is -2.13. The van der Waals surface area contributed by atoms with Gasteiger partial charge in [-0.15, -0.1) is 0 Å². The zero-order valence-electron chi connectivity index (χ0n) is 12.7. The van der Waals surface area contributed by atoms with Crippen molar-refractivity contribution in [2.75, 3.05) is 4.72 Å². The van der Waals surface area contributed by atoms with E-state index in [2.05, 4.69) is 11.6 Å². The molecule has 4 nitrogen and oxygen atoms in total. The Morgan fingerprint density at radius 3 is 2.36 bits per heavy atom. The number of aryl methyl sites for hydroxylation is 1. The van der Waals surface area contributed by atoms with Gasteiger partial charge in [0.05, 0.1) is 4.90 Å². The van der Waals surface area contributed by atoms with Crippen molar-refractivity contribution >= 4 is 21.5 Å². The molecule has 0 spiro atoms. The summed E-state index contributed by atoms with van der Waals surface area (Å²) in [4.78, 5) is 11.6. The highest BCUT2D eigenvalue weighted by Gasteiger charge is 2.14. The minimum atomic E-state index is -3.65. The summed E-state index contributed by atoms with van der Waals surface area (Å²) in [6.45, 7) is 3.52. The molecule has 2 aromatic rings. The van der Waals surface area contributed by atoms with Crippen LogP contribution >= 0.6 is 0 Å². The number of Topliss-reactive ketones (excluding diaryl/α,β-unsaturated/α-hetero) is 1. The van der Waals surface area contributed by atoms with Crippen molar-refractivity contribution in [3.63, 3.8) is 0 Å². The molecule has 0 saturated heterocycles. The number of ketones is 1. The zero-order chi connectivity index (χ0) is 16.2. The first-order valence-electron chi connectivity index (χ1n) is 7.15. The van der Waals surface area contributed by atoms with Crippen molar-refractivity contribution in [1.29, 1.82) is 0 Å². The van der Waals surface area contributed by atoms with E-state index in [1.165, 1.54) is 13.0 Å². The van der Waals surface area contributed by atoms with Crippen LogP contribution in [0.25, 0.3) is 0 Å². The number of anilines is 1. The lowest BCUT2D eigenvalue weighted by Gasteiger charge is -2.09. The molecule has 5 heteroatoms. The van der Waals surface area contributed by atoms with E-state index >= 15 is 0 Å². The second-order valence-corrected chi connectivity index (χ2v) is 6.82. The summed E-state index contributed by atoms with van der Waals surface area (Å²) in [5.41, 5.74) is 1.96. The Morgan fingerprint density at radius 1 is 1.09 bits per heavy atom. The Kier molecular flexibility index (Phi) is 4.98. The van der Waals surface area contributed by atoms with E-state index in [1.54, 1.807) is 30.3 Å². The third-order valence-corrected chi connectivity index (χ3v) is 4.69. The van der Waals surface area contributed by atoms with Crippen LogP contribution in [0.4, 0.5) is 5.69 Å². The van der Waals surface area contributed by atoms with Gasteiger partial charge in [-0.25, -0.2) is 8.42 Å². The molecule has 2 aromatic carbocycles. The summed E-state index contributed by atoms with van der Waals surface area (Å²) in [5.74, 6) is -0.107. The van der Waals surface area contributed by atoms with Gasteiger partial charge in [0.1, 0.15) is 0 Å². The van der Waals surface area contributed by atoms with Gasteiger partial charge in [0.25, 0.3) is 10.0 Å². The fourth-order valence-corrected chi connectivity index (χ4v) is 3.19. The molecule has 0 aliphatic rings. The maximum absolute atomic E-state index is 12.4. The molecule has 22 heavy (non-hydrogen) atoms. The van der Waals surface area contributed by atoms with E-state index in [9.17, 15) is 13.2 Å². The van der Waals surface area contributed by atoms with Crippen molar-refractivity contribution < 1.29 is 13.2 Å². The van der Waals surface area contributed by atoms with E-state index < -0.39 is 10.0 Å². The van der Waals surface area contributed by atoms with E-state index in [0.29, 0.717) is 11.3 Å². The number of nitrogens with one attached hydrogen (secondary N) is 1. The second kappa shape index (κ2) is 6.75. The Bertz CT molecular complexity index is 765. The summed E-state index contributed by atoms with van der Waals surface area (Å²) in [5, 5.41) is 0. The lowest BCUT2D eigenvalue weighted by molar-refractivity contribution is 0.101. The van der Waals surface area contributed by atoms with Gasteiger partial charge in [0.15, 0.2) is 5.78 Å². The Morgan fingerprint density at radius 2 is 1.77 bits per heavy atom. The molecule has 0 bridgehead atoms. The monoisotopic (exact) mass is 317 g/mol. The number of hydrogen-bond donors (Lipinski definition) is 1. The summed E-state index contributed by atoms with van der Waals surface area (Å²) in [6, 6.07) is 13.3. The molecule has 0 heterocycles. The van der Waals surface area contributed by atoms with Crippen LogP contribution in [0.1, 0.15) is 36.2 Å². The fraction of sp³-hybridized carbons (Fsp3) is 0.235. The number of carbonyl (C=O) groups excluding carboxylic acids is 1. The normalized spacial score (nSPS) is 11.2. The summed E-state index contributed by atoms with van der Waals surface area (Å²) >= 11 is 0. The van der Waals surface area contributed by atoms with Crippen LogP contribution in [0.2, 0.25) is 0 Å². The fourth-order valence-electron chi connectivity index (χ4n) is 2.14. The number of hydrogen-bond acceptors (Lipinski definition) is 3. The number of carbonyl (C=O) groups is 1. The molecular formula is C17H19NO3S. The molecule has 0 radical (unpaired) electrons. The number of sulfonamides is 1. The predicted molar refractivity (Wildman–Crippen MR) is 87.7 cm³/mol. The first-order chi connectivity index (χ1) is 10.4. The van der Waals surface area contributed by atoms with Crippen molar-refractivity contribution in [2.24, 2.45) is 0 Å². The van der Waals surface area contributed by atoms with Gasteiger partial charge in [-0.2, -0.15) is 0 Å². The first-order valence-corrected chi connectivity index (χ1v) is 8.63. The highest BCUT2D eigenvalue weighted by Crippen LogP contribution is 2.18. The van der Waals surface area contributed by atoms with Crippen molar-refractivity contribution in [1.82, 2.24) is 0 Å². The van der Waals surface area contributed by atoms with E-state index in [0.717, 1.165) is 18.4 Å². The molecule has 0 saturated carbocycles. The minimum Gasteiger partial charge on any atom is -0.295 e. The van der Waals surface area contributed by atoms with Gasteiger partial charge in [-0.05, 0) is 43.2 Å². The van der Waals surface area contributed by atoms with Crippen LogP contribution < -0.4 is 4.72 Å². The molecule has 0 aliphatic heterocycles. The molecule has 2 rings (SSSR count). The molecule has 0 amide bonds. The summed E-state index contributed by atoms with van der Waals surface area (Å²) in [6.07, 6.45) is 1.94. The minimum absolute atomic E-state index is 0.107. The van der Waals surface area contributed by atoms with Gasteiger partial charge >= 0.3 is 0 Å². The zero-order valence-corrected chi connectivity index (χ0v) is 13.5. The topological polar surface area (TPSA) is 63.2 Å². The molecule has 0 unspecified atom stereocenters. The third kappa shape index (κ3) is 3.95. The standard InChI is InChI=1S/C17H19NO3S/c1-3-5-14-8-10-17(11-9-14)22(20,21)18-16-7-4-6-15(12-16)13(2)19/h4,6-12,18H,3,5H2,1-2H3. The van der Waals surface area contributed by atoms with E-state index in [-0.39, 0.29) is 10.7 Å². The maximum Gasteiger partial charge on any atom is 0.261 e. The largest absolute Gasteiger partial charge is 0.295 e. The molecule has 0 aromatic heterocycles. The molecule has 0 atom stereocenters. The first kappa shape index (κ1) is 16.2. The van der Waals surface area contributed by atoms with Crippen molar-refractivity contribution in [3.05, 3.63) is 59.7 Å². The van der Waals surface area contributed by atoms with Gasteiger partial charge < -0.3 is 0 Å². The SMILES string of the molecule is CCCc1ccc(S(=O)(=O)Nc2cccc(C(C)=O)c2)cc1. The highest BCUT2D eigenvalue weighted by atomic mass is 32.2. The Hall–Kier alpha value is -2.14. The van der Waals surface area contributed by atoms with Crippen LogP contribution in [0, 0.1) is 0 Å². The van der Waals surface area contributed by atoms with Gasteiger partial charge in [-0.3, -0.25) is 9.52 Å². The number of benzene rings is 2. The molecule has 0 fully saturated rings. The smallest absolute Gasteiger partial charge is 0.261 e. The van der Waals surface area contributed by atoms with Crippen LogP contribution in [0.5, 0.6) is 0 Å². The van der Waals surface area contributed by atoms with E-state index in [4.69, 9.17) is 0 Å². The second-order valence-electron chi connectivity index (χ2n) is 5.14. The van der Waals surface area contributed by atoms with Crippen molar-refractivity contribution in [3.8, 4) is 0 Å². The summed E-state index contributed by atoms with van der Waals surface area (Å²) < 4.78 is 27.2. The van der Waals surface area contributed by atoms with Gasteiger partial charge in [0, 0.05) is 11.3 Å². The Labute approximate surface area is 131 Å². The molecule has 0 aliphatic carbocycles. The van der Waals surface area contributed by atoms with Crippen molar-refractivity contribution in [2.45, 2.75) is 31.6 Å². The van der Waals surface area contributed by atoms with Gasteiger partial charge in [0.2, 0.25) is 0 Å². The predicted octanol–water partition coefficient (Wildman–Crippen LogP) is 3.64. The average Bonchev–Trinajstić information content (AvgIpc) is 2.48. The third-order valence-electron chi connectivity index (χ3n) is 3.29.